The number of nitrogens with one attached hydrogen (secondary N) is 1. The predicted molar refractivity (Wildman–Crippen MR) is 62.9 cm³/mol. The molecule has 0 bridgehead atoms. The van der Waals surface area contributed by atoms with E-state index in [1.165, 1.54) is 58.3 Å². The lowest BCUT2D eigenvalue weighted by Crippen LogP contribution is -2.52. The van der Waals surface area contributed by atoms with Gasteiger partial charge in [0, 0.05) is 32.2 Å². The van der Waals surface area contributed by atoms with Gasteiger partial charge in [0.2, 0.25) is 0 Å². The van der Waals surface area contributed by atoms with E-state index >= 15 is 0 Å². The van der Waals surface area contributed by atoms with E-state index in [-0.39, 0.29) is 0 Å². The molecule has 86 valence electrons. The Bertz CT molecular complexity index is 231. The van der Waals surface area contributed by atoms with Crippen LogP contribution >= 0.6 is 0 Å². The summed E-state index contributed by atoms with van der Waals surface area (Å²) in [5.74, 6) is 1.12. The third-order valence-corrected chi connectivity index (χ3v) is 4.80. The Morgan fingerprint density at radius 1 is 1.33 bits per heavy atom. The van der Waals surface area contributed by atoms with Crippen LogP contribution in [-0.2, 0) is 0 Å². The summed E-state index contributed by atoms with van der Waals surface area (Å²) in [7, 11) is 0. The summed E-state index contributed by atoms with van der Waals surface area (Å²) >= 11 is 0. The summed E-state index contributed by atoms with van der Waals surface area (Å²) in [6.45, 7) is 7.46. The number of rotatable bonds is 4. The lowest BCUT2D eigenvalue weighted by molar-refractivity contribution is 0.119. The molecule has 1 aliphatic heterocycles. The van der Waals surface area contributed by atoms with Gasteiger partial charge in [-0.3, -0.25) is 4.90 Å². The van der Waals surface area contributed by atoms with Crippen molar-refractivity contribution in [2.24, 2.45) is 11.3 Å². The Labute approximate surface area is 93.4 Å². The minimum Gasteiger partial charge on any atom is -0.314 e. The predicted octanol–water partition coefficient (Wildman–Crippen LogP) is 1.86. The first kappa shape index (κ1) is 10.1. The molecule has 3 fully saturated rings. The van der Waals surface area contributed by atoms with Crippen molar-refractivity contribution in [3.05, 3.63) is 0 Å². The Hall–Kier alpha value is -0.0800. The molecule has 0 spiro atoms. The van der Waals surface area contributed by atoms with Gasteiger partial charge in [0.25, 0.3) is 0 Å². The highest BCUT2D eigenvalue weighted by molar-refractivity contribution is 5.06. The molecule has 3 aliphatic rings. The quantitative estimate of drug-likeness (QED) is 0.758. The molecule has 1 N–H and O–H groups in total. The summed E-state index contributed by atoms with van der Waals surface area (Å²) < 4.78 is 0. The largest absolute Gasteiger partial charge is 0.314 e. The topological polar surface area (TPSA) is 15.3 Å². The normalized spacial score (nSPS) is 35.4. The Kier molecular flexibility index (Phi) is 2.52. The maximum absolute atomic E-state index is 3.53. The molecular formula is C13H24N2. The molecule has 15 heavy (non-hydrogen) atoms. The van der Waals surface area contributed by atoms with Crippen LogP contribution in [0.2, 0.25) is 0 Å². The van der Waals surface area contributed by atoms with Crippen LogP contribution in [-0.4, -0.2) is 37.1 Å². The fourth-order valence-corrected chi connectivity index (χ4v) is 3.37. The zero-order valence-electron chi connectivity index (χ0n) is 9.97. The molecule has 0 amide bonds. The minimum absolute atomic E-state index is 0.796. The molecular weight excluding hydrogens is 184 g/mol. The van der Waals surface area contributed by atoms with Crippen molar-refractivity contribution in [2.75, 3.05) is 26.2 Å². The zero-order chi connectivity index (χ0) is 10.3. The lowest BCUT2D eigenvalue weighted by Gasteiger charge is -2.38. The fraction of sp³-hybridized carbons (Fsp3) is 1.00. The molecule has 2 heteroatoms. The molecule has 0 aromatic carbocycles. The molecule has 1 unspecified atom stereocenters. The minimum atomic E-state index is 0.796. The lowest BCUT2D eigenvalue weighted by atomic mass is 9.98. The highest BCUT2D eigenvalue weighted by Gasteiger charge is 2.54. The van der Waals surface area contributed by atoms with E-state index in [1.54, 1.807) is 0 Å². The van der Waals surface area contributed by atoms with E-state index in [0.717, 1.165) is 17.4 Å². The fourth-order valence-electron chi connectivity index (χ4n) is 3.37. The van der Waals surface area contributed by atoms with E-state index in [0.29, 0.717) is 0 Å². The van der Waals surface area contributed by atoms with Gasteiger partial charge in [-0.05, 0) is 43.4 Å². The van der Waals surface area contributed by atoms with Crippen LogP contribution in [0.5, 0.6) is 0 Å². The van der Waals surface area contributed by atoms with Crippen molar-refractivity contribution in [3.8, 4) is 0 Å². The van der Waals surface area contributed by atoms with E-state index in [9.17, 15) is 0 Å². The maximum atomic E-state index is 3.53. The van der Waals surface area contributed by atoms with Crippen molar-refractivity contribution < 1.29 is 0 Å². The summed E-state index contributed by atoms with van der Waals surface area (Å²) in [4.78, 5) is 2.78. The first-order valence-electron chi connectivity index (χ1n) is 6.79. The maximum Gasteiger partial charge on any atom is 0.0218 e. The third-order valence-electron chi connectivity index (χ3n) is 4.80. The van der Waals surface area contributed by atoms with Gasteiger partial charge in [-0.15, -0.1) is 0 Å². The summed E-state index contributed by atoms with van der Waals surface area (Å²) in [5, 5.41) is 3.53. The number of nitrogens with zero attached hydrogens (tertiary/aromatic N) is 1. The highest BCUT2D eigenvalue weighted by Crippen LogP contribution is 2.61. The first-order valence-corrected chi connectivity index (χ1v) is 6.79. The Morgan fingerprint density at radius 2 is 2.13 bits per heavy atom. The summed E-state index contributed by atoms with van der Waals surface area (Å²) in [5.41, 5.74) is 0.796. The van der Waals surface area contributed by atoms with Crippen LogP contribution < -0.4 is 5.32 Å². The number of piperazine rings is 1. The van der Waals surface area contributed by atoms with Gasteiger partial charge >= 0.3 is 0 Å². The van der Waals surface area contributed by atoms with Crippen LogP contribution in [0.3, 0.4) is 0 Å². The van der Waals surface area contributed by atoms with Crippen molar-refractivity contribution in [1.82, 2.24) is 10.2 Å². The van der Waals surface area contributed by atoms with Crippen LogP contribution in [0.4, 0.5) is 0 Å². The molecule has 1 saturated heterocycles. The van der Waals surface area contributed by atoms with E-state index < -0.39 is 0 Å². The highest BCUT2D eigenvalue weighted by atomic mass is 15.2. The summed E-state index contributed by atoms with van der Waals surface area (Å²) in [6, 6.07) is 0.815. The van der Waals surface area contributed by atoms with E-state index in [1.807, 2.05) is 0 Å². The van der Waals surface area contributed by atoms with Crippen molar-refractivity contribution in [3.63, 3.8) is 0 Å². The number of hydrogen-bond donors (Lipinski definition) is 1. The van der Waals surface area contributed by atoms with Crippen molar-refractivity contribution >= 4 is 0 Å². The molecule has 0 radical (unpaired) electrons. The second kappa shape index (κ2) is 3.74. The van der Waals surface area contributed by atoms with Gasteiger partial charge in [-0.25, -0.2) is 0 Å². The smallest absolute Gasteiger partial charge is 0.0218 e. The molecule has 2 aliphatic carbocycles. The van der Waals surface area contributed by atoms with E-state index in [4.69, 9.17) is 0 Å². The van der Waals surface area contributed by atoms with Crippen molar-refractivity contribution in [1.29, 1.82) is 0 Å². The third kappa shape index (κ3) is 1.94. The van der Waals surface area contributed by atoms with Crippen LogP contribution in [0.25, 0.3) is 0 Å². The first-order chi connectivity index (χ1) is 7.34. The van der Waals surface area contributed by atoms with Crippen LogP contribution in [0, 0.1) is 11.3 Å². The number of hydrogen-bond acceptors (Lipinski definition) is 2. The molecule has 1 atom stereocenters. The standard InChI is InChI=1S/C13H24N2/c1-2-12-9-14-7-8-15(12)10-13(5-6-13)11-3-4-11/h11-12,14H,2-10H2,1H3. The molecule has 3 rings (SSSR count). The average molecular weight is 208 g/mol. The molecule has 0 aromatic heterocycles. The molecule has 2 nitrogen and oxygen atoms in total. The second-order valence-electron chi connectivity index (χ2n) is 5.87. The molecule has 1 heterocycles. The second-order valence-corrected chi connectivity index (χ2v) is 5.87. The van der Waals surface area contributed by atoms with Gasteiger partial charge < -0.3 is 5.32 Å². The van der Waals surface area contributed by atoms with Gasteiger partial charge in [0.05, 0.1) is 0 Å². The Morgan fingerprint density at radius 3 is 2.73 bits per heavy atom. The Balaban J connectivity index is 1.60. The zero-order valence-corrected chi connectivity index (χ0v) is 9.97. The van der Waals surface area contributed by atoms with Gasteiger partial charge in [-0.2, -0.15) is 0 Å². The van der Waals surface area contributed by atoms with Crippen molar-refractivity contribution in [2.45, 2.75) is 45.1 Å². The van der Waals surface area contributed by atoms with Crippen LogP contribution in [0.15, 0.2) is 0 Å². The van der Waals surface area contributed by atoms with Gasteiger partial charge in [0.1, 0.15) is 0 Å². The van der Waals surface area contributed by atoms with E-state index in [2.05, 4.69) is 17.1 Å². The van der Waals surface area contributed by atoms with Gasteiger partial charge in [-0.1, -0.05) is 6.92 Å². The van der Waals surface area contributed by atoms with Gasteiger partial charge in [0.15, 0.2) is 0 Å². The SMILES string of the molecule is CCC1CNCCN1CC1(C2CC2)CC1. The van der Waals surface area contributed by atoms with Crippen LogP contribution in [0.1, 0.15) is 39.0 Å². The molecule has 2 saturated carbocycles. The average Bonchev–Trinajstić information content (AvgIpc) is 3.12. The molecule has 0 aromatic rings. The monoisotopic (exact) mass is 208 g/mol. The summed E-state index contributed by atoms with van der Waals surface area (Å²) in [6.07, 6.45) is 7.43.